The number of aliphatic carboxylic acids is 1. The number of aryl methyl sites for hydroxylation is 1. The minimum atomic E-state index is -1.09. The molecule has 0 saturated heterocycles. The number of nitrogens with one attached hydrogen (secondary N) is 3. The normalized spacial score (nSPS) is 10.7. The molecule has 0 aliphatic rings. The van der Waals surface area contributed by atoms with Crippen molar-refractivity contribution in [3.63, 3.8) is 0 Å². The zero-order valence-electron chi connectivity index (χ0n) is 18.5. The molecule has 0 saturated carbocycles. The van der Waals surface area contributed by atoms with Crippen LogP contribution in [0.1, 0.15) is 28.8 Å². The molecule has 34 heavy (non-hydrogen) atoms. The maximum absolute atomic E-state index is 11.9. The van der Waals surface area contributed by atoms with Crippen LogP contribution < -0.4 is 27.7 Å². The number of carboxylic acids is 1. The Labute approximate surface area is 202 Å². The van der Waals surface area contributed by atoms with Crippen LogP contribution in [0.15, 0.2) is 63.8 Å². The van der Waals surface area contributed by atoms with Crippen LogP contribution in [0.4, 0.5) is 5.69 Å². The molecule has 0 radical (unpaired) electrons. The van der Waals surface area contributed by atoms with Gasteiger partial charge in [-0.3, -0.25) is 10.2 Å². The predicted octanol–water partition coefficient (Wildman–Crippen LogP) is 2.24. The summed E-state index contributed by atoms with van der Waals surface area (Å²) >= 11 is 0. The van der Waals surface area contributed by atoms with Crippen LogP contribution in [-0.4, -0.2) is 35.5 Å². The first kappa shape index (κ1) is 28.0. The van der Waals surface area contributed by atoms with Gasteiger partial charge in [0.25, 0.3) is 5.91 Å². The number of anilines is 1. The second-order valence-electron chi connectivity index (χ2n) is 7.22. The smallest absolute Gasteiger partial charge is 0.336 e. The van der Waals surface area contributed by atoms with Crippen molar-refractivity contribution < 1.29 is 19.1 Å². The molecule has 0 unspecified atom stereocenters. The molecule has 1 atom stereocenters. The van der Waals surface area contributed by atoms with Gasteiger partial charge in [-0.1, -0.05) is 18.2 Å². The lowest BCUT2D eigenvalue weighted by Crippen LogP contribution is -2.41. The Kier molecular flexibility index (Phi) is 11.1. The number of hydrogen-bond donors (Lipinski definition) is 6. The van der Waals surface area contributed by atoms with Crippen LogP contribution in [0.5, 0.6) is 0 Å². The lowest BCUT2D eigenvalue weighted by Gasteiger charge is -2.14. The van der Waals surface area contributed by atoms with E-state index in [0.29, 0.717) is 29.8 Å². The second-order valence-corrected chi connectivity index (χ2v) is 7.22. The van der Waals surface area contributed by atoms with Crippen LogP contribution in [0.3, 0.4) is 0 Å². The van der Waals surface area contributed by atoms with Crippen LogP contribution in [0.25, 0.3) is 11.0 Å². The SMILES string of the molecule is Cc1cc(=O)oc2cc(N)ccc12.Cl.N=C(N)NCCC[C@H](NC(=O)c1ccccc1)C(=O)O. The molecule has 182 valence electrons. The summed E-state index contributed by atoms with van der Waals surface area (Å²) in [7, 11) is 0. The molecule has 3 rings (SSSR count). The molecule has 10 nitrogen and oxygen atoms in total. The number of hydrogen-bond acceptors (Lipinski definition) is 6. The van der Waals surface area contributed by atoms with E-state index in [1.807, 2.05) is 13.0 Å². The maximum atomic E-state index is 11.9. The molecule has 0 aliphatic heterocycles. The van der Waals surface area contributed by atoms with Crippen molar-refractivity contribution in [3.05, 3.63) is 76.1 Å². The fourth-order valence-corrected chi connectivity index (χ4v) is 2.96. The Hall–Kier alpha value is -4.05. The fourth-order valence-electron chi connectivity index (χ4n) is 2.96. The molecular formula is C23H28ClN5O5. The van der Waals surface area contributed by atoms with E-state index < -0.39 is 17.9 Å². The van der Waals surface area contributed by atoms with E-state index in [-0.39, 0.29) is 30.4 Å². The summed E-state index contributed by atoms with van der Waals surface area (Å²) in [5.74, 6) is -1.67. The van der Waals surface area contributed by atoms with Crippen molar-refractivity contribution in [2.24, 2.45) is 5.73 Å². The van der Waals surface area contributed by atoms with Gasteiger partial charge in [0.2, 0.25) is 0 Å². The standard InChI is InChI=1S/C13H18N4O3.C10H9NO2.ClH/c14-13(15)16-8-4-7-10(12(19)20)17-11(18)9-5-2-1-3-6-9;1-6-4-10(12)13-9-5-7(11)2-3-8(6)9;/h1-3,5-6,10H,4,7-8H2,(H,17,18)(H,19,20)(H4,14,15,16);2-5H,11H2,1H3;1H/t10-;;/m0../s1. The number of nitrogens with two attached hydrogens (primary N) is 2. The summed E-state index contributed by atoms with van der Waals surface area (Å²) in [6.07, 6.45) is 0.736. The Morgan fingerprint density at radius 2 is 1.82 bits per heavy atom. The van der Waals surface area contributed by atoms with E-state index in [1.54, 1.807) is 42.5 Å². The van der Waals surface area contributed by atoms with Gasteiger partial charge in [0.15, 0.2) is 5.96 Å². The second kappa shape index (κ2) is 13.5. The van der Waals surface area contributed by atoms with E-state index >= 15 is 0 Å². The van der Waals surface area contributed by atoms with Gasteiger partial charge in [0.1, 0.15) is 11.6 Å². The zero-order valence-corrected chi connectivity index (χ0v) is 19.4. The van der Waals surface area contributed by atoms with Gasteiger partial charge in [-0.05, 0) is 49.6 Å². The van der Waals surface area contributed by atoms with Crippen LogP contribution >= 0.6 is 12.4 Å². The van der Waals surface area contributed by atoms with Crippen molar-refractivity contribution in [2.45, 2.75) is 25.8 Å². The topological polar surface area (TPSA) is 185 Å². The van der Waals surface area contributed by atoms with Crippen LogP contribution in [0, 0.1) is 12.3 Å². The summed E-state index contributed by atoms with van der Waals surface area (Å²) < 4.78 is 4.99. The average Bonchev–Trinajstić information content (AvgIpc) is 2.76. The van der Waals surface area contributed by atoms with Gasteiger partial charge in [-0.15, -0.1) is 12.4 Å². The van der Waals surface area contributed by atoms with Gasteiger partial charge in [0.05, 0.1) is 0 Å². The summed E-state index contributed by atoms with van der Waals surface area (Å²) in [6.45, 7) is 2.26. The number of halogens is 1. The molecule has 2 aromatic carbocycles. The van der Waals surface area contributed by atoms with E-state index in [4.69, 9.17) is 26.4 Å². The molecular weight excluding hydrogens is 462 g/mol. The number of carbonyl (C=O) groups is 2. The molecule has 0 aliphatic carbocycles. The highest BCUT2D eigenvalue weighted by molar-refractivity contribution is 5.96. The third-order valence-electron chi connectivity index (χ3n) is 4.60. The van der Waals surface area contributed by atoms with Gasteiger partial charge >= 0.3 is 11.6 Å². The van der Waals surface area contributed by atoms with E-state index in [9.17, 15) is 14.4 Å². The molecule has 8 N–H and O–H groups in total. The highest BCUT2D eigenvalue weighted by Crippen LogP contribution is 2.18. The highest BCUT2D eigenvalue weighted by Gasteiger charge is 2.20. The fraction of sp³-hybridized carbons (Fsp3) is 0.217. The summed E-state index contributed by atoms with van der Waals surface area (Å²) in [5.41, 5.74) is 12.8. The van der Waals surface area contributed by atoms with Gasteiger partial charge in [-0.25, -0.2) is 9.59 Å². The maximum Gasteiger partial charge on any atom is 0.336 e. The monoisotopic (exact) mass is 489 g/mol. The minimum absolute atomic E-state index is 0. The van der Waals surface area contributed by atoms with E-state index in [0.717, 1.165) is 10.9 Å². The first-order valence-electron chi connectivity index (χ1n) is 10.1. The number of rotatable bonds is 7. The number of benzene rings is 2. The van der Waals surface area contributed by atoms with E-state index in [1.165, 1.54) is 6.07 Å². The predicted molar refractivity (Wildman–Crippen MR) is 133 cm³/mol. The van der Waals surface area contributed by atoms with Crippen molar-refractivity contribution in [1.82, 2.24) is 10.6 Å². The lowest BCUT2D eigenvalue weighted by molar-refractivity contribution is -0.139. The number of amides is 1. The number of guanidine groups is 1. The molecule has 1 aromatic heterocycles. The Morgan fingerprint density at radius 3 is 2.44 bits per heavy atom. The molecule has 0 spiro atoms. The number of carbonyl (C=O) groups excluding carboxylic acids is 1. The minimum Gasteiger partial charge on any atom is -0.480 e. The average molecular weight is 490 g/mol. The first-order chi connectivity index (χ1) is 15.7. The van der Waals surface area contributed by atoms with E-state index in [2.05, 4.69) is 10.6 Å². The third-order valence-corrected chi connectivity index (χ3v) is 4.60. The molecule has 1 amide bonds. The first-order valence-corrected chi connectivity index (χ1v) is 10.1. The Bertz CT molecular complexity index is 1180. The number of carboxylic acid groups (broad SMARTS) is 1. The van der Waals surface area contributed by atoms with Gasteiger partial charge in [0, 0.05) is 35.3 Å². The molecule has 0 bridgehead atoms. The van der Waals surface area contributed by atoms with Crippen molar-refractivity contribution in [2.75, 3.05) is 12.3 Å². The molecule has 0 fully saturated rings. The lowest BCUT2D eigenvalue weighted by atomic mass is 10.1. The zero-order chi connectivity index (χ0) is 24.4. The Balaban J connectivity index is 0.000000356. The van der Waals surface area contributed by atoms with Gasteiger partial charge in [-0.2, -0.15) is 0 Å². The largest absolute Gasteiger partial charge is 0.480 e. The van der Waals surface area contributed by atoms with Crippen LogP contribution in [0.2, 0.25) is 0 Å². The Morgan fingerprint density at radius 1 is 1.15 bits per heavy atom. The summed E-state index contributed by atoms with van der Waals surface area (Å²) in [6, 6.07) is 14.2. The molecule has 1 heterocycles. The van der Waals surface area contributed by atoms with Crippen LogP contribution in [-0.2, 0) is 4.79 Å². The van der Waals surface area contributed by atoms with Crippen molar-refractivity contribution in [1.29, 1.82) is 5.41 Å². The molecule has 3 aromatic rings. The van der Waals surface area contributed by atoms with Crippen molar-refractivity contribution >= 4 is 46.9 Å². The summed E-state index contributed by atoms with van der Waals surface area (Å²) in [5, 5.41) is 22.0. The quantitative estimate of drug-likeness (QED) is 0.0958. The van der Waals surface area contributed by atoms with Crippen molar-refractivity contribution in [3.8, 4) is 0 Å². The molecule has 11 heteroatoms. The summed E-state index contributed by atoms with van der Waals surface area (Å²) in [4.78, 5) is 34.0. The van der Waals surface area contributed by atoms with Gasteiger partial charge < -0.3 is 31.6 Å². The number of nitrogen functional groups attached to an aromatic ring is 1. The third kappa shape index (κ3) is 8.83. The number of fused-ring (bicyclic) bond motifs is 1. The highest BCUT2D eigenvalue weighted by atomic mass is 35.5.